The van der Waals surface area contributed by atoms with Crippen molar-refractivity contribution in [2.75, 3.05) is 13.2 Å². The molecule has 5 nitrogen and oxygen atoms in total. The molecule has 0 radical (unpaired) electrons. The van der Waals surface area contributed by atoms with Gasteiger partial charge in [0.25, 0.3) is 0 Å². The van der Waals surface area contributed by atoms with E-state index in [-0.39, 0.29) is 18.1 Å². The number of esters is 2. The summed E-state index contributed by atoms with van der Waals surface area (Å²) in [4.78, 5) is 22.3. The van der Waals surface area contributed by atoms with E-state index in [0.29, 0.717) is 26.1 Å². The topological polar surface area (TPSA) is 87.6 Å². The van der Waals surface area contributed by atoms with E-state index in [2.05, 4.69) is 0 Å². The Morgan fingerprint density at radius 2 is 1.11 bits per heavy atom. The molecule has 0 heterocycles. The van der Waals surface area contributed by atoms with Crippen LogP contribution in [0, 0.1) is 0 Å². The maximum absolute atomic E-state index is 11.2. The van der Waals surface area contributed by atoms with Crippen LogP contribution in [0.1, 0.15) is 65.2 Å². The SMILES string of the molecule is CCCOC(=O)CCCCCCC(=O)OCCC.N. The molecule has 0 atom stereocenters. The highest BCUT2D eigenvalue weighted by molar-refractivity contribution is 5.69. The predicted octanol–water partition coefficient (Wildman–Crippen LogP) is 3.40. The van der Waals surface area contributed by atoms with Crippen molar-refractivity contribution < 1.29 is 19.1 Å². The lowest BCUT2D eigenvalue weighted by atomic mass is 10.1. The van der Waals surface area contributed by atoms with E-state index in [0.717, 1.165) is 38.5 Å². The summed E-state index contributed by atoms with van der Waals surface area (Å²) in [5.41, 5.74) is 0. The highest BCUT2D eigenvalue weighted by atomic mass is 16.5. The van der Waals surface area contributed by atoms with E-state index in [4.69, 9.17) is 9.47 Å². The molecule has 0 aliphatic heterocycles. The average molecular weight is 275 g/mol. The maximum Gasteiger partial charge on any atom is 0.305 e. The van der Waals surface area contributed by atoms with E-state index < -0.39 is 0 Å². The summed E-state index contributed by atoms with van der Waals surface area (Å²) >= 11 is 0. The molecule has 0 amide bonds. The van der Waals surface area contributed by atoms with E-state index >= 15 is 0 Å². The van der Waals surface area contributed by atoms with E-state index in [1.807, 2.05) is 13.8 Å². The molecule has 0 aliphatic rings. The Morgan fingerprint density at radius 3 is 1.42 bits per heavy atom. The molecule has 0 unspecified atom stereocenters. The lowest BCUT2D eigenvalue weighted by molar-refractivity contribution is -0.145. The number of unbranched alkanes of at least 4 members (excludes halogenated alkanes) is 3. The summed E-state index contributed by atoms with van der Waals surface area (Å²) in [6.45, 7) is 4.99. The zero-order chi connectivity index (χ0) is 13.6. The summed E-state index contributed by atoms with van der Waals surface area (Å²) in [6.07, 6.45) is 6.31. The molecule has 0 fully saturated rings. The van der Waals surface area contributed by atoms with Gasteiger partial charge in [-0.15, -0.1) is 0 Å². The second-order valence-electron chi connectivity index (χ2n) is 4.36. The molecule has 0 saturated heterocycles. The molecule has 0 saturated carbocycles. The zero-order valence-corrected chi connectivity index (χ0v) is 12.4. The molecule has 5 heteroatoms. The van der Waals surface area contributed by atoms with Crippen LogP contribution in [0.3, 0.4) is 0 Å². The fraction of sp³-hybridized carbons (Fsp3) is 0.857. The third kappa shape index (κ3) is 14.8. The fourth-order valence-electron chi connectivity index (χ4n) is 1.47. The van der Waals surface area contributed by atoms with Crippen molar-refractivity contribution in [3.05, 3.63) is 0 Å². The molecule has 0 spiro atoms. The summed E-state index contributed by atoms with van der Waals surface area (Å²) in [5, 5.41) is 0. The first-order valence-electron chi connectivity index (χ1n) is 7.02. The number of rotatable bonds is 11. The summed E-state index contributed by atoms with van der Waals surface area (Å²) in [6, 6.07) is 0. The Hall–Kier alpha value is -1.10. The van der Waals surface area contributed by atoms with Gasteiger partial charge in [-0.3, -0.25) is 9.59 Å². The minimum absolute atomic E-state index is 0. The Labute approximate surface area is 116 Å². The van der Waals surface area contributed by atoms with Crippen LogP contribution in [-0.2, 0) is 19.1 Å². The fourth-order valence-corrected chi connectivity index (χ4v) is 1.47. The number of carbonyl (C=O) groups excluding carboxylic acids is 2. The average Bonchev–Trinajstić information content (AvgIpc) is 2.37. The highest BCUT2D eigenvalue weighted by Crippen LogP contribution is 2.07. The first-order chi connectivity index (χ1) is 8.70. The van der Waals surface area contributed by atoms with Crippen molar-refractivity contribution in [1.82, 2.24) is 6.15 Å². The van der Waals surface area contributed by atoms with Crippen LogP contribution in [0.4, 0.5) is 0 Å². The molecule has 114 valence electrons. The molecule has 0 aromatic heterocycles. The summed E-state index contributed by atoms with van der Waals surface area (Å²) in [7, 11) is 0. The largest absolute Gasteiger partial charge is 0.466 e. The van der Waals surface area contributed by atoms with Gasteiger partial charge in [-0.1, -0.05) is 26.7 Å². The lowest BCUT2D eigenvalue weighted by Gasteiger charge is -2.04. The molecule has 0 aromatic carbocycles. The second-order valence-corrected chi connectivity index (χ2v) is 4.36. The smallest absolute Gasteiger partial charge is 0.305 e. The summed E-state index contributed by atoms with van der Waals surface area (Å²) < 4.78 is 9.93. The van der Waals surface area contributed by atoms with Crippen molar-refractivity contribution in [1.29, 1.82) is 0 Å². The minimum Gasteiger partial charge on any atom is -0.466 e. The van der Waals surface area contributed by atoms with E-state index in [9.17, 15) is 9.59 Å². The third-order valence-electron chi connectivity index (χ3n) is 2.45. The Kier molecular flexibility index (Phi) is 15.9. The molecule has 0 aliphatic carbocycles. The molecule has 19 heavy (non-hydrogen) atoms. The quantitative estimate of drug-likeness (QED) is 0.461. The predicted molar refractivity (Wildman–Crippen MR) is 75.2 cm³/mol. The standard InChI is InChI=1S/C14H26O4.H3N/c1-3-11-17-13(15)9-7-5-6-8-10-14(16)18-12-4-2;/h3-12H2,1-2H3;1H3. The van der Waals surface area contributed by atoms with Gasteiger partial charge < -0.3 is 15.6 Å². The Balaban J connectivity index is 0. The van der Waals surface area contributed by atoms with Gasteiger partial charge in [0.05, 0.1) is 13.2 Å². The van der Waals surface area contributed by atoms with Crippen LogP contribution in [0.25, 0.3) is 0 Å². The molecule has 0 aromatic rings. The van der Waals surface area contributed by atoms with Gasteiger partial charge in [0.15, 0.2) is 0 Å². The van der Waals surface area contributed by atoms with Gasteiger partial charge in [-0.05, 0) is 25.7 Å². The van der Waals surface area contributed by atoms with E-state index in [1.165, 1.54) is 0 Å². The number of hydrogen-bond acceptors (Lipinski definition) is 5. The molecule has 0 rings (SSSR count). The third-order valence-corrected chi connectivity index (χ3v) is 2.45. The van der Waals surface area contributed by atoms with Crippen LogP contribution in [0.15, 0.2) is 0 Å². The van der Waals surface area contributed by atoms with Crippen LogP contribution in [0.5, 0.6) is 0 Å². The monoisotopic (exact) mass is 275 g/mol. The van der Waals surface area contributed by atoms with Crippen molar-refractivity contribution in [2.45, 2.75) is 65.2 Å². The van der Waals surface area contributed by atoms with Crippen molar-refractivity contribution >= 4 is 11.9 Å². The number of hydrogen-bond donors (Lipinski definition) is 1. The normalized spacial score (nSPS) is 9.58. The van der Waals surface area contributed by atoms with E-state index in [1.54, 1.807) is 0 Å². The minimum atomic E-state index is -0.112. The first kappa shape index (κ1) is 20.2. The molecule has 0 bridgehead atoms. The lowest BCUT2D eigenvalue weighted by Crippen LogP contribution is -2.05. The van der Waals surface area contributed by atoms with Crippen LogP contribution < -0.4 is 6.15 Å². The first-order valence-corrected chi connectivity index (χ1v) is 7.02. The molecular formula is C14H29NO4. The van der Waals surface area contributed by atoms with Gasteiger partial charge in [0.1, 0.15) is 0 Å². The van der Waals surface area contributed by atoms with Gasteiger partial charge >= 0.3 is 11.9 Å². The van der Waals surface area contributed by atoms with Gasteiger partial charge in [-0.2, -0.15) is 0 Å². The van der Waals surface area contributed by atoms with Gasteiger partial charge in [-0.25, -0.2) is 0 Å². The van der Waals surface area contributed by atoms with Crippen molar-refractivity contribution in [3.63, 3.8) is 0 Å². The Bertz CT molecular complexity index is 207. The Morgan fingerprint density at radius 1 is 0.737 bits per heavy atom. The van der Waals surface area contributed by atoms with Gasteiger partial charge in [0.2, 0.25) is 0 Å². The van der Waals surface area contributed by atoms with Crippen molar-refractivity contribution in [3.8, 4) is 0 Å². The van der Waals surface area contributed by atoms with Crippen molar-refractivity contribution in [2.24, 2.45) is 0 Å². The maximum atomic E-state index is 11.2. The van der Waals surface area contributed by atoms with Crippen LogP contribution >= 0.6 is 0 Å². The molecule has 3 N–H and O–H groups in total. The number of ether oxygens (including phenoxy) is 2. The number of carbonyl (C=O) groups is 2. The highest BCUT2D eigenvalue weighted by Gasteiger charge is 2.03. The van der Waals surface area contributed by atoms with Crippen LogP contribution in [-0.4, -0.2) is 25.2 Å². The second kappa shape index (κ2) is 15.0. The zero-order valence-electron chi connectivity index (χ0n) is 12.4. The summed E-state index contributed by atoms with van der Waals surface area (Å²) in [5.74, 6) is -0.224. The van der Waals surface area contributed by atoms with Gasteiger partial charge in [0, 0.05) is 12.8 Å². The molecular weight excluding hydrogens is 246 g/mol. The van der Waals surface area contributed by atoms with Crippen LogP contribution in [0.2, 0.25) is 0 Å².